The van der Waals surface area contributed by atoms with E-state index >= 15 is 0 Å². The van der Waals surface area contributed by atoms with Crippen molar-refractivity contribution >= 4 is 40.5 Å². The summed E-state index contributed by atoms with van der Waals surface area (Å²) in [4.78, 5) is 21.1. The van der Waals surface area contributed by atoms with Gasteiger partial charge in [-0.3, -0.25) is 4.79 Å². The standard InChI is InChI=1S/C22H20ClFN4O/c1-13(2)10-20(29)16-6-4-5-7-19(16)26-21-17(23)12-25-22(28-21)27-18-9-8-15(24)11-14(18)3/h4-12H,1-3H3,(H2,25,26,27,28). The van der Waals surface area contributed by atoms with Crippen LogP contribution in [0.2, 0.25) is 5.02 Å². The highest BCUT2D eigenvalue weighted by Gasteiger charge is 2.13. The number of hydrogen-bond acceptors (Lipinski definition) is 5. The molecule has 0 saturated carbocycles. The van der Waals surface area contributed by atoms with E-state index in [1.165, 1.54) is 18.3 Å². The predicted molar refractivity (Wildman–Crippen MR) is 115 cm³/mol. The number of carbonyl (C=O) groups excluding carboxylic acids is 1. The third kappa shape index (κ3) is 5.18. The van der Waals surface area contributed by atoms with Crippen LogP contribution in [0.5, 0.6) is 0 Å². The molecule has 148 valence electrons. The van der Waals surface area contributed by atoms with Crippen LogP contribution in [0.3, 0.4) is 0 Å². The van der Waals surface area contributed by atoms with Gasteiger partial charge in [-0.05, 0) is 62.7 Å². The van der Waals surface area contributed by atoms with E-state index in [1.54, 1.807) is 37.3 Å². The zero-order valence-corrected chi connectivity index (χ0v) is 17.0. The molecule has 0 aliphatic rings. The van der Waals surface area contributed by atoms with Crippen LogP contribution in [-0.2, 0) is 0 Å². The van der Waals surface area contributed by atoms with Crippen LogP contribution in [0.1, 0.15) is 29.8 Å². The molecule has 2 N–H and O–H groups in total. The van der Waals surface area contributed by atoms with Gasteiger partial charge in [0.1, 0.15) is 10.8 Å². The van der Waals surface area contributed by atoms with E-state index in [0.29, 0.717) is 33.7 Å². The Morgan fingerprint density at radius 1 is 1.10 bits per heavy atom. The van der Waals surface area contributed by atoms with E-state index in [9.17, 15) is 9.18 Å². The summed E-state index contributed by atoms with van der Waals surface area (Å²) in [5.41, 5.74) is 3.40. The Balaban J connectivity index is 1.90. The summed E-state index contributed by atoms with van der Waals surface area (Å²) in [6, 6.07) is 11.5. The number of benzene rings is 2. The fourth-order valence-electron chi connectivity index (χ4n) is 2.68. The van der Waals surface area contributed by atoms with E-state index < -0.39 is 0 Å². The largest absolute Gasteiger partial charge is 0.338 e. The lowest BCUT2D eigenvalue weighted by Gasteiger charge is -2.13. The predicted octanol–water partition coefficient (Wildman–Crippen LogP) is 6.21. The molecule has 0 unspecified atom stereocenters. The normalized spacial score (nSPS) is 10.4. The number of rotatable bonds is 6. The molecule has 7 heteroatoms. The first-order valence-electron chi connectivity index (χ1n) is 8.94. The quantitative estimate of drug-likeness (QED) is 0.373. The van der Waals surface area contributed by atoms with E-state index in [1.807, 2.05) is 19.9 Å². The second-order valence-corrected chi connectivity index (χ2v) is 7.14. The molecule has 0 spiro atoms. The molecule has 29 heavy (non-hydrogen) atoms. The zero-order valence-electron chi connectivity index (χ0n) is 16.3. The summed E-state index contributed by atoms with van der Waals surface area (Å²) in [7, 11) is 0. The fraction of sp³-hybridized carbons (Fsp3) is 0.136. The maximum atomic E-state index is 13.3. The van der Waals surface area contributed by atoms with Gasteiger partial charge in [0.25, 0.3) is 0 Å². The van der Waals surface area contributed by atoms with Gasteiger partial charge >= 0.3 is 0 Å². The molecule has 3 rings (SSSR count). The Labute approximate surface area is 173 Å². The highest BCUT2D eigenvalue weighted by molar-refractivity contribution is 6.33. The van der Waals surface area contributed by atoms with Crippen LogP contribution in [0, 0.1) is 12.7 Å². The lowest BCUT2D eigenvalue weighted by atomic mass is 10.1. The minimum Gasteiger partial charge on any atom is -0.338 e. The summed E-state index contributed by atoms with van der Waals surface area (Å²) in [6.45, 7) is 5.51. The third-order valence-electron chi connectivity index (χ3n) is 4.04. The molecule has 0 aliphatic carbocycles. The number of aryl methyl sites for hydroxylation is 1. The molecule has 3 aromatic rings. The molecular weight excluding hydrogens is 391 g/mol. The van der Waals surface area contributed by atoms with Crippen molar-refractivity contribution < 1.29 is 9.18 Å². The minimum absolute atomic E-state index is 0.112. The number of carbonyl (C=O) groups is 1. The number of allylic oxidation sites excluding steroid dienone is 2. The van der Waals surface area contributed by atoms with Crippen molar-refractivity contribution in [3.63, 3.8) is 0 Å². The average molecular weight is 411 g/mol. The number of nitrogens with zero attached hydrogens (tertiary/aromatic N) is 2. The van der Waals surface area contributed by atoms with Gasteiger partial charge in [-0.25, -0.2) is 9.37 Å². The van der Waals surface area contributed by atoms with E-state index in [2.05, 4.69) is 20.6 Å². The van der Waals surface area contributed by atoms with Crippen molar-refractivity contribution in [3.8, 4) is 0 Å². The van der Waals surface area contributed by atoms with Crippen LogP contribution in [0.25, 0.3) is 0 Å². The van der Waals surface area contributed by atoms with Crippen molar-refractivity contribution in [2.24, 2.45) is 0 Å². The number of para-hydroxylation sites is 1. The molecule has 0 atom stereocenters. The molecule has 1 heterocycles. The molecule has 2 aromatic carbocycles. The molecule has 0 saturated heterocycles. The summed E-state index contributed by atoms with van der Waals surface area (Å²) in [5.74, 6) is 0.213. The SMILES string of the molecule is CC(C)=CC(=O)c1ccccc1Nc1nc(Nc2ccc(F)cc2C)ncc1Cl. The summed E-state index contributed by atoms with van der Waals surface area (Å²) >= 11 is 6.26. The van der Waals surface area contributed by atoms with E-state index in [0.717, 1.165) is 11.1 Å². The monoisotopic (exact) mass is 410 g/mol. The number of ketones is 1. The molecule has 5 nitrogen and oxygen atoms in total. The van der Waals surface area contributed by atoms with Crippen LogP contribution in [0.4, 0.5) is 27.5 Å². The van der Waals surface area contributed by atoms with Gasteiger partial charge in [-0.15, -0.1) is 0 Å². The highest BCUT2D eigenvalue weighted by Crippen LogP contribution is 2.28. The molecule has 0 radical (unpaired) electrons. The van der Waals surface area contributed by atoms with Gasteiger partial charge in [0.2, 0.25) is 5.95 Å². The first kappa shape index (κ1) is 20.5. The second kappa shape index (κ2) is 8.84. The van der Waals surface area contributed by atoms with Gasteiger partial charge in [0.15, 0.2) is 11.6 Å². The summed E-state index contributed by atoms with van der Waals surface area (Å²) in [6.07, 6.45) is 3.03. The first-order chi connectivity index (χ1) is 13.8. The maximum Gasteiger partial charge on any atom is 0.229 e. The zero-order chi connectivity index (χ0) is 21.0. The first-order valence-corrected chi connectivity index (χ1v) is 9.32. The topological polar surface area (TPSA) is 66.9 Å². The van der Waals surface area contributed by atoms with E-state index in [4.69, 9.17) is 11.6 Å². The Morgan fingerprint density at radius 2 is 1.86 bits per heavy atom. The van der Waals surface area contributed by atoms with Gasteiger partial charge in [-0.2, -0.15) is 4.98 Å². The molecular formula is C22H20ClFN4O. The summed E-state index contributed by atoms with van der Waals surface area (Å²) < 4.78 is 13.3. The Bertz CT molecular complexity index is 1090. The smallest absolute Gasteiger partial charge is 0.229 e. The molecule has 0 amide bonds. The Morgan fingerprint density at radius 3 is 2.59 bits per heavy atom. The number of aromatic nitrogens is 2. The van der Waals surface area contributed by atoms with Crippen molar-refractivity contribution in [1.82, 2.24) is 9.97 Å². The van der Waals surface area contributed by atoms with Crippen LogP contribution in [-0.4, -0.2) is 15.8 Å². The van der Waals surface area contributed by atoms with Crippen molar-refractivity contribution in [2.75, 3.05) is 10.6 Å². The lowest BCUT2D eigenvalue weighted by molar-refractivity contribution is 0.104. The highest BCUT2D eigenvalue weighted by atomic mass is 35.5. The Kier molecular flexibility index (Phi) is 6.24. The van der Waals surface area contributed by atoms with Gasteiger partial charge in [-0.1, -0.05) is 29.3 Å². The van der Waals surface area contributed by atoms with Gasteiger partial charge < -0.3 is 10.6 Å². The fourth-order valence-corrected chi connectivity index (χ4v) is 2.82. The van der Waals surface area contributed by atoms with Crippen LogP contribution in [0.15, 0.2) is 60.3 Å². The molecule has 1 aromatic heterocycles. The molecule has 0 aliphatic heterocycles. The van der Waals surface area contributed by atoms with Crippen LogP contribution < -0.4 is 10.6 Å². The van der Waals surface area contributed by atoms with Crippen molar-refractivity contribution in [1.29, 1.82) is 0 Å². The number of nitrogens with one attached hydrogen (secondary N) is 2. The van der Waals surface area contributed by atoms with Crippen LogP contribution >= 0.6 is 11.6 Å². The van der Waals surface area contributed by atoms with Gasteiger partial charge in [0, 0.05) is 11.3 Å². The maximum absolute atomic E-state index is 13.3. The molecule has 0 bridgehead atoms. The second-order valence-electron chi connectivity index (χ2n) is 6.73. The number of hydrogen-bond donors (Lipinski definition) is 2. The van der Waals surface area contributed by atoms with E-state index in [-0.39, 0.29) is 11.6 Å². The number of anilines is 4. The summed E-state index contributed by atoms with van der Waals surface area (Å²) in [5, 5.41) is 6.47. The average Bonchev–Trinajstić information content (AvgIpc) is 2.66. The lowest BCUT2D eigenvalue weighted by Crippen LogP contribution is -2.05. The Hall–Kier alpha value is -3.25. The van der Waals surface area contributed by atoms with Crippen molar-refractivity contribution in [2.45, 2.75) is 20.8 Å². The van der Waals surface area contributed by atoms with Crippen molar-refractivity contribution in [3.05, 3.63) is 82.3 Å². The third-order valence-corrected chi connectivity index (χ3v) is 4.32. The number of halogens is 2. The molecule has 0 fully saturated rings. The minimum atomic E-state index is -0.315. The van der Waals surface area contributed by atoms with Gasteiger partial charge in [0.05, 0.1) is 11.9 Å².